The van der Waals surface area contributed by atoms with E-state index >= 15 is 0 Å². The Morgan fingerprint density at radius 1 is 1.26 bits per heavy atom. The number of ether oxygens (including phenoxy) is 1. The van der Waals surface area contributed by atoms with E-state index in [9.17, 15) is 10.1 Å². The van der Waals surface area contributed by atoms with E-state index in [0.29, 0.717) is 28.9 Å². The maximum Gasteiger partial charge on any atom is 0.235 e. The number of aryl methyl sites for hydroxylation is 2. The molecule has 1 aliphatic heterocycles. The van der Waals surface area contributed by atoms with Gasteiger partial charge in [-0.2, -0.15) is 5.26 Å². The molecule has 2 aliphatic rings. The van der Waals surface area contributed by atoms with Crippen molar-refractivity contribution in [3.63, 3.8) is 0 Å². The molecule has 1 N–H and O–H groups in total. The van der Waals surface area contributed by atoms with Crippen molar-refractivity contribution < 1.29 is 9.53 Å². The highest BCUT2D eigenvalue weighted by Gasteiger charge is 2.25. The lowest BCUT2D eigenvalue weighted by molar-refractivity contribution is -0.113. The summed E-state index contributed by atoms with van der Waals surface area (Å²) in [6.45, 7) is 4.93. The highest BCUT2D eigenvalue weighted by atomic mass is 32.2. The van der Waals surface area contributed by atoms with Crippen molar-refractivity contribution >= 4 is 40.0 Å². The average Bonchev–Trinajstić information content (AvgIpc) is 3.57. The van der Waals surface area contributed by atoms with E-state index in [1.165, 1.54) is 33.5 Å². The number of carbonyl (C=O) groups excluding carboxylic acids is 1. The van der Waals surface area contributed by atoms with Crippen molar-refractivity contribution in [1.29, 1.82) is 5.26 Å². The number of amides is 1. The third-order valence-corrected chi connectivity index (χ3v) is 8.28. The Bertz CT molecular complexity index is 1240. The summed E-state index contributed by atoms with van der Waals surface area (Å²) >= 11 is 2.89. The van der Waals surface area contributed by atoms with E-state index in [-0.39, 0.29) is 11.7 Å². The van der Waals surface area contributed by atoms with Gasteiger partial charge in [0.1, 0.15) is 11.1 Å². The Balaban J connectivity index is 1.38. The molecular weight excluding hydrogens is 468 g/mol. The molecule has 1 amide bonds. The predicted octanol–water partition coefficient (Wildman–Crippen LogP) is 3.82. The lowest BCUT2D eigenvalue weighted by Gasteiger charge is -2.28. The van der Waals surface area contributed by atoms with Crippen molar-refractivity contribution in [2.24, 2.45) is 0 Å². The van der Waals surface area contributed by atoms with Crippen molar-refractivity contribution in [3.8, 4) is 11.8 Å². The monoisotopic (exact) mass is 494 g/mol. The van der Waals surface area contributed by atoms with Gasteiger partial charge in [-0.15, -0.1) is 21.5 Å². The molecule has 10 heteroatoms. The summed E-state index contributed by atoms with van der Waals surface area (Å²) in [5, 5.41) is 22.9. The molecule has 5 rings (SSSR count). The number of nitriles is 1. The largest absolute Gasteiger partial charge is 0.378 e. The van der Waals surface area contributed by atoms with Gasteiger partial charge in [0, 0.05) is 18.0 Å². The van der Waals surface area contributed by atoms with Gasteiger partial charge in [0.15, 0.2) is 5.16 Å². The van der Waals surface area contributed by atoms with Gasteiger partial charge in [-0.05, 0) is 42.9 Å². The fourth-order valence-corrected chi connectivity index (χ4v) is 6.46. The van der Waals surface area contributed by atoms with Crippen LogP contribution in [0.15, 0.2) is 29.4 Å². The number of nitrogens with one attached hydrogen (secondary N) is 1. The number of rotatable bonds is 7. The quantitative estimate of drug-likeness (QED) is 0.499. The molecule has 0 atom stereocenters. The van der Waals surface area contributed by atoms with Crippen molar-refractivity contribution in [1.82, 2.24) is 14.8 Å². The first kappa shape index (κ1) is 22.9. The van der Waals surface area contributed by atoms with Crippen LogP contribution in [0.4, 0.5) is 10.9 Å². The first-order chi connectivity index (χ1) is 16.7. The number of thiophene rings is 1. The normalized spacial score (nSPS) is 15.2. The van der Waals surface area contributed by atoms with E-state index < -0.39 is 0 Å². The van der Waals surface area contributed by atoms with Crippen LogP contribution in [0.5, 0.6) is 0 Å². The van der Waals surface area contributed by atoms with Gasteiger partial charge in [0.25, 0.3) is 0 Å². The first-order valence-electron chi connectivity index (χ1n) is 11.5. The zero-order valence-corrected chi connectivity index (χ0v) is 20.7. The minimum Gasteiger partial charge on any atom is -0.378 e. The number of hydrogen-bond acceptors (Lipinski definition) is 8. The molecule has 0 spiro atoms. The topological polar surface area (TPSA) is 96.1 Å². The Morgan fingerprint density at radius 3 is 2.88 bits per heavy atom. The van der Waals surface area contributed by atoms with Crippen LogP contribution in [0.2, 0.25) is 0 Å². The van der Waals surface area contributed by atoms with E-state index in [2.05, 4.69) is 50.1 Å². The lowest BCUT2D eigenvalue weighted by Crippen LogP contribution is -2.38. The fraction of sp³-hybridized carbons (Fsp3) is 0.417. The number of fused-ring (bicyclic) bond motifs is 1. The molecule has 0 bridgehead atoms. The minimum absolute atomic E-state index is 0.146. The summed E-state index contributed by atoms with van der Waals surface area (Å²) in [4.78, 5) is 16.2. The summed E-state index contributed by atoms with van der Waals surface area (Å²) in [5.41, 5.74) is 3.96. The standard InChI is InChI=1S/C24H26N6O2S2/c1-2-16-6-3-4-8-19(16)30-23(29-10-12-32-13-11-29)27-28-24(30)33-15-21(31)26-22-18(14-25)17-7-5-9-20(17)34-22/h3-4,6,8H,2,5,7,9-13,15H2,1H3,(H,26,31). The fourth-order valence-electron chi connectivity index (χ4n) is 4.47. The highest BCUT2D eigenvalue weighted by Crippen LogP contribution is 2.38. The number of morpholine rings is 1. The molecule has 0 unspecified atom stereocenters. The number of thioether (sulfide) groups is 1. The smallest absolute Gasteiger partial charge is 0.235 e. The average molecular weight is 495 g/mol. The summed E-state index contributed by atoms with van der Waals surface area (Å²) < 4.78 is 7.57. The summed E-state index contributed by atoms with van der Waals surface area (Å²) in [6, 6.07) is 10.5. The van der Waals surface area contributed by atoms with E-state index in [4.69, 9.17) is 4.74 Å². The number of anilines is 2. The van der Waals surface area contributed by atoms with Gasteiger partial charge in [-0.25, -0.2) is 0 Å². The second-order valence-corrected chi connectivity index (χ2v) is 10.3. The highest BCUT2D eigenvalue weighted by molar-refractivity contribution is 7.99. The van der Waals surface area contributed by atoms with E-state index in [0.717, 1.165) is 56.0 Å². The van der Waals surface area contributed by atoms with E-state index in [1.54, 1.807) is 0 Å². The van der Waals surface area contributed by atoms with Crippen LogP contribution in [0.1, 0.15) is 34.9 Å². The Labute approximate surface area is 206 Å². The molecule has 0 saturated carbocycles. The summed E-state index contributed by atoms with van der Waals surface area (Å²) in [7, 11) is 0. The predicted molar refractivity (Wildman–Crippen MR) is 134 cm³/mol. The number of nitrogens with zero attached hydrogens (tertiary/aromatic N) is 5. The zero-order valence-electron chi connectivity index (χ0n) is 19.0. The number of carbonyl (C=O) groups is 1. The maximum atomic E-state index is 12.8. The molecule has 3 heterocycles. The maximum absolute atomic E-state index is 12.8. The van der Waals surface area contributed by atoms with Crippen LogP contribution < -0.4 is 10.2 Å². The van der Waals surface area contributed by atoms with Crippen LogP contribution >= 0.6 is 23.1 Å². The Kier molecular flexibility index (Phi) is 6.85. The van der Waals surface area contributed by atoms with Crippen LogP contribution in [0.3, 0.4) is 0 Å². The van der Waals surface area contributed by atoms with Crippen LogP contribution in [0.25, 0.3) is 5.69 Å². The SMILES string of the molecule is CCc1ccccc1-n1c(SCC(=O)Nc2sc3c(c2C#N)CCC3)nnc1N1CCOCC1. The molecule has 1 aliphatic carbocycles. The van der Waals surface area contributed by atoms with Gasteiger partial charge in [-0.1, -0.05) is 36.9 Å². The molecule has 176 valence electrons. The number of benzene rings is 1. The second-order valence-electron chi connectivity index (χ2n) is 8.21. The molecule has 8 nitrogen and oxygen atoms in total. The van der Waals surface area contributed by atoms with Gasteiger partial charge >= 0.3 is 0 Å². The third kappa shape index (κ3) is 4.43. The van der Waals surface area contributed by atoms with Crippen molar-refractivity contribution in [2.75, 3.05) is 42.3 Å². The van der Waals surface area contributed by atoms with Crippen LogP contribution in [-0.2, 0) is 28.8 Å². The zero-order chi connectivity index (χ0) is 23.5. The summed E-state index contributed by atoms with van der Waals surface area (Å²) in [6.07, 6.45) is 3.87. The Morgan fingerprint density at radius 2 is 2.09 bits per heavy atom. The van der Waals surface area contributed by atoms with Gasteiger partial charge < -0.3 is 15.0 Å². The Hall–Kier alpha value is -2.87. The van der Waals surface area contributed by atoms with Gasteiger partial charge in [0.05, 0.1) is 30.2 Å². The van der Waals surface area contributed by atoms with Crippen molar-refractivity contribution in [2.45, 2.75) is 37.8 Å². The van der Waals surface area contributed by atoms with Crippen LogP contribution in [0, 0.1) is 11.3 Å². The first-order valence-corrected chi connectivity index (χ1v) is 13.3. The molecule has 1 saturated heterocycles. The number of hydrogen-bond donors (Lipinski definition) is 1. The molecule has 34 heavy (non-hydrogen) atoms. The molecule has 1 aromatic carbocycles. The van der Waals surface area contributed by atoms with Gasteiger partial charge in [0.2, 0.25) is 11.9 Å². The number of aromatic nitrogens is 3. The second kappa shape index (κ2) is 10.2. The molecule has 0 radical (unpaired) electrons. The minimum atomic E-state index is -0.146. The number of para-hydroxylation sites is 1. The lowest BCUT2D eigenvalue weighted by atomic mass is 10.1. The molecule has 2 aromatic heterocycles. The van der Waals surface area contributed by atoms with E-state index in [1.807, 2.05) is 12.1 Å². The molecular formula is C24H26N6O2S2. The van der Waals surface area contributed by atoms with Crippen LogP contribution in [-0.4, -0.2) is 52.7 Å². The van der Waals surface area contributed by atoms with Crippen molar-refractivity contribution in [3.05, 3.63) is 45.8 Å². The third-order valence-electron chi connectivity index (χ3n) is 6.14. The van der Waals surface area contributed by atoms with Gasteiger partial charge in [-0.3, -0.25) is 9.36 Å². The molecule has 3 aromatic rings. The molecule has 1 fully saturated rings. The summed E-state index contributed by atoms with van der Waals surface area (Å²) in [5.74, 6) is 0.810.